The first-order valence-electron chi connectivity index (χ1n) is 9.14. The molecule has 8 heteroatoms. The standard InChI is InChI=1S/C20H22N6O.ClH/c1-26-20(23-18(25-26)15-7-9-21-10-8-15)24-19(27)17-11-16(12-22-13-17)14-5-3-2-4-6-14;/h2-6,11-13,15,21H,7-10H2,1H3,(H,23,24,25,27);1H. The van der Waals surface area contributed by atoms with Gasteiger partial charge in [-0.1, -0.05) is 30.3 Å². The smallest absolute Gasteiger partial charge is 0.259 e. The molecule has 0 unspecified atom stereocenters. The SMILES string of the molecule is Cl.Cn1nc(C2CCNCC2)nc1NC(=O)c1cncc(-c2ccccc2)c1. The van der Waals surface area contributed by atoms with Gasteiger partial charge in [-0.2, -0.15) is 10.1 Å². The minimum Gasteiger partial charge on any atom is -0.317 e. The number of benzene rings is 1. The normalized spacial score (nSPS) is 14.3. The number of halogens is 1. The molecule has 1 aromatic carbocycles. The van der Waals surface area contributed by atoms with Gasteiger partial charge in [0, 0.05) is 30.9 Å². The number of piperidine rings is 1. The van der Waals surface area contributed by atoms with Crippen LogP contribution < -0.4 is 10.6 Å². The molecule has 1 amide bonds. The van der Waals surface area contributed by atoms with Crippen LogP contribution in [0.4, 0.5) is 5.95 Å². The second-order valence-electron chi connectivity index (χ2n) is 6.72. The quantitative estimate of drug-likeness (QED) is 0.705. The lowest BCUT2D eigenvalue weighted by molar-refractivity contribution is 0.102. The number of nitrogens with one attached hydrogen (secondary N) is 2. The average Bonchev–Trinajstić information content (AvgIpc) is 3.10. The predicted octanol–water partition coefficient (Wildman–Crippen LogP) is 3.02. The van der Waals surface area contributed by atoms with Gasteiger partial charge in [-0.3, -0.25) is 15.1 Å². The molecule has 0 radical (unpaired) electrons. The van der Waals surface area contributed by atoms with Crippen LogP contribution in [0.25, 0.3) is 11.1 Å². The molecule has 0 bridgehead atoms. The van der Waals surface area contributed by atoms with E-state index in [1.54, 1.807) is 24.1 Å². The Hall–Kier alpha value is -2.77. The van der Waals surface area contributed by atoms with E-state index < -0.39 is 0 Å². The van der Waals surface area contributed by atoms with E-state index in [0.717, 1.165) is 42.9 Å². The van der Waals surface area contributed by atoms with Crippen LogP contribution in [0, 0.1) is 0 Å². The maximum absolute atomic E-state index is 12.7. The average molecular weight is 399 g/mol. The molecule has 2 N–H and O–H groups in total. The summed E-state index contributed by atoms with van der Waals surface area (Å²) < 4.78 is 1.63. The monoisotopic (exact) mass is 398 g/mol. The molecule has 2 aromatic heterocycles. The third kappa shape index (κ3) is 4.37. The lowest BCUT2D eigenvalue weighted by Gasteiger charge is -2.19. The van der Waals surface area contributed by atoms with E-state index in [2.05, 4.69) is 25.7 Å². The van der Waals surface area contributed by atoms with Gasteiger partial charge in [0.1, 0.15) is 0 Å². The van der Waals surface area contributed by atoms with Crippen LogP contribution in [0.3, 0.4) is 0 Å². The fraction of sp³-hybridized carbons (Fsp3) is 0.300. The van der Waals surface area contributed by atoms with E-state index in [1.165, 1.54) is 0 Å². The maximum atomic E-state index is 12.7. The van der Waals surface area contributed by atoms with Crippen molar-refractivity contribution < 1.29 is 4.79 Å². The third-order valence-electron chi connectivity index (χ3n) is 4.82. The first-order chi connectivity index (χ1) is 13.2. The van der Waals surface area contributed by atoms with Crippen LogP contribution in [0.15, 0.2) is 48.8 Å². The number of carbonyl (C=O) groups excluding carboxylic acids is 1. The topological polar surface area (TPSA) is 84.7 Å². The highest BCUT2D eigenvalue weighted by atomic mass is 35.5. The molecule has 3 aromatic rings. The molecule has 0 aliphatic carbocycles. The van der Waals surface area contributed by atoms with Crippen LogP contribution >= 0.6 is 12.4 Å². The van der Waals surface area contributed by atoms with Crippen molar-refractivity contribution in [3.63, 3.8) is 0 Å². The van der Waals surface area contributed by atoms with E-state index in [4.69, 9.17) is 0 Å². The first-order valence-corrected chi connectivity index (χ1v) is 9.14. The van der Waals surface area contributed by atoms with Crippen molar-refractivity contribution >= 4 is 24.3 Å². The molecule has 3 heterocycles. The third-order valence-corrected chi connectivity index (χ3v) is 4.82. The zero-order valence-corrected chi connectivity index (χ0v) is 16.4. The number of hydrogen-bond acceptors (Lipinski definition) is 5. The lowest BCUT2D eigenvalue weighted by Crippen LogP contribution is -2.27. The van der Waals surface area contributed by atoms with E-state index in [1.807, 2.05) is 36.4 Å². The van der Waals surface area contributed by atoms with Gasteiger partial charge in [0.2, 0.25) is 5.95 Å². The Morgan fingerprint density at radius 2 is 1.89 bits per heavy atom. The fourth-order valence-corrected chi connectivity index (χ4v) is 3.29. The largest absolute Gasteiger partial charge is 0.317 e. The summed E-state index contributed by atoms with van der Waals surface area (Å²) in [6.07, 6.45) is 5.34. The molecular formula is C20H23ClN6O. The summed E-state index contributed by atoms with van der Waals surface area (Å²) >= 11 is 0. The molecule has 1 aliphatic heterocycles. The Bertz CT molecular complexity index is 937. The minimum absolute atomic E-state index is 0. The molecule has 7 nitrogen and oxygen atoms in total. The summed E-state index contributed by atoms with van der Waals surface area (Å²) in [5.74, 6) is 1.35. The number of aromatic nitrogens is 4. The Balaban J connectivity index is 0.00000225. The second kappa shape index (κ2) is 8.95. The van der Waals surface area contributed by atoms with E-state index in [0.29, 0.717) is 17.4 Å². The molecule has 146 valence electrons. The van der Waals surface area contributed by atoms with Gasteiger partial charge in [0.25, 0.3) is 5.91 Å². The molecule has 28 heavy (non-hydrogen) atoms. The zero-order chi connectivity index (χ0) is 18.6. The fourth-order valence-electron chi connectivity index (χ4n) is 3.29. The highest BCUT2D eigenvalue weighted by Gasteiger charge is 2.21. The zero-order valence-electron chi connectivity index (χ0n) is 15.6. The maximum Gasteiger partial charge on any atom is 0.259 e. The van der Waals surface area contributed by atoms with Crippen LogP contribution in [0.5, 0.6) is 0 Å². The molecule has 1 fully saturated rings. The summed E-state index contributed by atoms with van der Waals surface area (Å²) in [5.41, 5.74) is 2.41. The number of hydrogen-bond donors (Lipinski definition) is 2. The summed E-state index contributed by atoms with van der Waals surface area (Å²) in [6.45, 7) is 1.95. The molecule has 4 rings (SSSR count). The van der Waals surface area contributed by atoms with E-state index >= 15 is 0 Å². The second-order valence-corrected chi connectivity index (χ2v) is 6.72. The molecule has 1 saturated heterocycles. The van der Waals surface area contributed by atoms with Crippen molar-refractivity contribution in [1.82, 2.24) is 25.1 Å². The van der Waals surface area contributed by atoms with Gasteiger partial charge in [0.05, 0.1) is 5.56 Å². The van der Waals surface area contributed by atoms with Gasteiger partial charge < -0.3 is 5.32 Å². The number of anilines is 1. The highest BCUT2D eigenvalue weighted by molar-refractivity contribution is 6.03. The van der Waals surface area contributed by atoms with Crippen molar-refractivity contribution in [3.8, 4) is 11.1 Å². The number of aryl methyl sites for hydroxylation is 1. The Morgan fingerprint density at radius 3 is 2.64 bits per heavy atom. The number of carbonyl (C=O) groups is 1. The van der Waals surface area contributed by atoms with Crippen LogP contribution in [0.2, 0.25) is 0 Å². The molecule has 1 aliphatic rings. The van der Waals surface area contributed by atoms with Crippen LogP contribution in [-0.2, 0) is 7.05 Å². The van der Waals surface area contributed by atoms with Crippen molar-refractivity contribution in [1.29, 1.82) is 0 Å². The van der Waals surface area contributed by atoms with Gasteiger partial charge in [-0.05, 0) is 37.6 Å². The molecular weight excluding hydrogens is 376 g/mol. The molecule has 0 spiro atoms. The highest BCUT2D eigenvalue weighted by Crippen LogP contribution is 2.24. The number of pyridine rings is 1. The summed E-state index contributed by atoms with van der Waals surface area (Å²) in [7, 11) is 1.80. The van der Waals surface area contributed by atoms with Crippen molar-refractivity contribution in [2.24, 2.45) is 7.05 Å². The first kappa shape index (κ1) is 20.0. The van der Waals surface area contributed by atoms with Gasteiger partial charge in [-0.25, -0.2) is 4.68 Å². The summed E-state index contributed by atoms with van der Waals surface area (Å²) in [4.78, 5) is 21.5. The Labute approximate surface area is 170 Å². The Morgan fingerprint density at radius 1 is 1.14 bits per heavy atom. The van der Waals surface area contributed by atoms with Crippen LogP contribution in [-0.4, -0.2) is 38.7 Å². The van der Waals surface area contributed by atoms with Crippen LogP contribution in [0.1, 0.15) is 34.9 Å². The minimum atomic E-state index is -0.243. The van der Waals surface area contributed by atoms with Crippen molar-refractivity contribution in [2.75, 3.05) is 18.4 Å². The van der Waals surface area contributed by atoms with Gasteiger partial charge >= 0.3 is 0 Å². The van der Waals surface area contributed by atoms with Crippen molar-refractivity contribution in [3.05, 3.63) is 60.2 Å². The predicted molar refractivity (Wildman–Crippen MR) is 111 cm³/mol. The summed E-state index contributed by atoms with van der Waals surface area (Å²) in [5, 5.41) is 10.7. The number of rotatable bonds is 4. The molecule has 0 saturated carbocycles. The molecule has 0 atom stereocenters. The van der Waals surface area contributed by atoms with Gasteiger partial charge in [0.15, 0.2) is 5.82 Å². The Kier molecular flexibility index (Phi) is 6.38. The number of amides is 1. The van der Waals surface area contributed by atoms with Gasteiger partial charge in [-0.15, -0.1) is 12.4 Å². The summed E-state index contributed by atoms with van der Waals surface area (Å²) in [6, 6.07) is 11.7. The van der Waals surface area contributed by atoms with E-state index in [-0.39, 0.29) is 18.3 Å². The number of nitrogens with zero attached hydrogens (tertiary/aromatic N) is 4. The lowest BCUT2D eigenvalue weighted by atomic mass is 9.98. The van der Waals surface area contributed by atoms with E-state index in [9.17, 15) is 4.79 Å². The van der Waals surface area contributed by atoms with Crippen molar-refractivity contribution in [2.45, 2.75) is 18.8 Å².